The number of amides is 1. The van der Waals surface area contributed by atoms with Crippen LogP contribution in [0.3, 0.4) is 0 Å². The fraction of sp³-hybridized carbons (Fsp3) is 0.562. The van der Waals surface area contributed by atoms with E-state index in [2.05, 4.69) is 12.2 Å². The van der Waals surface area contributed by atoms with E-state index in [4.69, 9.17) is 10.5 Å². The Morgan fingerprint density at radius 2 is 2.00 bits per heavy atom. The van der Waals surface area contributed by atoms with E-state index in [0.29, 0.717) is 11.3 Å². The van der Waals surface area contributed by atoms with E-state index in [1.54, 1.807) is 37.2 Å². The predicted octanol–water partition coefficient (Wildman–Crippen LogP) is 2.59. The Labute approximate surface area is 127 Å². The molecule has 118 valence electrons. The highest BCUT2D eigenvalue weighted by Gasteiger charge is 2.09. The zero-order valence-electron chi connectivity index (χ0n) is 13.3. The summed E-state index contributed by atoms with van der Waals surface area (Å²) in [6.07, 6.45) is 3.17. The number of nitrogens with zero attached hydrogens (tertiary/aromatic N) is 1. The van der Waals surface area contributed by atoms with Gasteiger partial charge in [-0.2, -0.15) is 0 Å². The van der Waals surface area contributed by atoms with Crippen LogP contribution in [0.4, 0.5) is 11.4 Å². The summed E-state index contributed by atoms with van der Waals surface area (Å²) in [4.78, 5) is 13.5. The quantitative estimate of drug-likeness (QED) is 0.542. The molecule has 1 aromatic rings. The minimum atomic E-state index is -0.0269. The molecular formula is C16H27N3O2. The van der Waals surface area contributed by atoms with Crippen molar-refractivity contribution in [2.75, 3.05) is 44.9 Å². The molecule has 5 nitrogen and oxygen atoms in total. The molecule has 0 saturated heterocycles. The smallest absolute Gasteiger partial charge is 0.253 e. The van der Waals surface area contributed by atoms with Crippen molar-refractivity contribution in [1.29, 1.82) is 0 Å². The van der Waals surface area contributed by atoms with Crippen molar-refractivity contribution in [2.24, 2.45) is 0 Å². The molecule has 0 heterocycles. The van der Waals surface area contributed by atoms with Crippen LogP contribution in [0.1, 0.15) is 36.5 Å². The van der Waals surface area contributed by atoms with Crippen LogP contribution in [0, 0.1) is 0 Å². The van der Waals surface area contributed by atoms with Gasteiger partial charge in [0.2, 0.25) is 0 Å². The Morgan fingerprint density at radius 1 is 1.29 bits per heavy atom. The second-order valence-corrected chi connectivity index (χ2v) is 5.25. The molecule has 0 saturated carbocycles. The minimum absolute atomic E-state index is 0.0269. The van der Waals surface area contributed by atoms with Gasteiger partial charge in [0.05, 0.1) is 11.4 Å². The van der Waals surface area contributed by atoms with Crippen molar-refractivity contribution in [3.05, 3.63) is 23.8 Å². The Kier molecular flexibility index (Phi) is 7.61. The molecule has 0 unspecified atom stereocenters. The van der Waals surface area contributed by atoms with Gasteiger partial charge in [-0.3, -0.25) is 4.79 Å². The average molecular weight is 293 g/mol. The molecule has 0 bridgehead atoms. The number of anilines is 2. The highest BCUT2D eigenvalue weighted by atomic mass is 16.5. The van der Waals surface area contributed by atoms with Gasteiger partial charge in [-0.15, -0.1) is 0 Å². The molecule has 0 atom stereocenters. The van der Waals surface area contributed by atoms with Crippen molar-refractivity contribution in [2.45, 2.75) is 26.2 Å². The van der Waals surface area contributed by atoms with Gasteiger partial charge in [-0.1, -0.05) is 13.3 Å². The summed E-state index contributed by atoms with van der Waals surface area (Å²) in [5, 5.41) is 3.26. The monoisotopic (exact) mass is 293 g/mol. The minimum Gasteiger partial charge on any atom is -0.397 e. The molecule has 0 aromatic heterocycles. The first kappa shape index (κ1) is 17.3. The van der Waals surface area contributed by atoms with Gasteiger partial charge in [-0.25, -0.2) is 0 Å². The molecular weight excluding hydrogens is 266 g/mol. The number of nitrogens with two attached hydrogens (primary N) is 1. The lowest BCUT2D eigenvalue weighted by Gasteiger charge is -2.14. The second-order valence-electron chi connectivity index (χ2n) is 5.25. The van der Waals surface area contributed by atoms with Crippen molar-refractivity contribution in [3.63, 3.8) is 0 Å². The van der Waals surface area contributed by atoms with Gasteiger partial charge in [0.15, 0.2) is 0 Å². The van der Waals surface area contributed by atoms with Gasteiger partial charge >= 0.3 is 0 Å². The molecule has 1 amide bonds. The SMILES string of the molecule is CCCCOCCCNc1cc(C(=O)N(C)C)ccc1N. The Balaban J connectivity index is 2.44. The summed E-state index contributed by atoms with van der Waals surface area (Å²) in [5.41, 5.74) is 8.01. The van der Waals surface area contributed by atoms with Crippen LogP contribution in [0.2, 0.25) is 0 Å². The fourth-order valence-electron chi connectivity index (χ4n) is 1.85. The van der Waals surface area contributed by atoms with Crippen LogP contribution >= 0.6 is 0 Å². The fourth-order valence-corrected chi connectivity index (χ4v) is 1.85. The van der Waals surface area contributed by atoms with Crippen molar-refractivity contribution < 1.29 is 9.53 Å². The number of ether oxygens (including phenoxy) is 1. The number of carbonyl (C=O) groups excluding carboxylic acids is 1. The third kappa shape index (κ3) is 6.04. The van der Waals surface area contributed by atoms with Crippen LogP contribution in [-0.2, 0) is 4.74 Å². The molecule has 1 rings (SSSR count). The summed E-state index contributed by atoms with van der Waals surface area (Å²) < 4.78 is 5.50. The Hall–Kier alpha value is -1.75. The lowest BCUT2D eigenvalue weighted by atomic mass is 10.1. The summed E-state index contributed by atoms with van der Waals surface area (Å²) >= 11 is 0. The van der Waals surface area contributed by atoms with Crippen molar-refractivity contribution in [1.82, 2.24) is 4.90 Å². The molecule has 0 aliphatic heterocycles. The van der Waals surface area contributed by atoms with Crippen LogP contribution < -0.4 is 11.1 Å². The van der Waals surface area contributed by atoms with Crippen LogP contribution in [0.25, 0.3) is 0 Å². The van der Waals surface area contributed by atoms with Gasteiger partial charge in [0, 0.05) is 39.4 Å². The van der Waals surface area contributed by atoms with E-state index < -0.39 is 0 Å². The maximum absolute atomic E-state index is 11.9. The highest BCUT2D eigenvalue weighted by Crippen LogP contribution is 2.20. The average Bonchev–Trinajstić information content (AvgIpc) is 2.47. The van der Waals surface area contributed by atoms with Gasteiger partial charge in [0.25, 0.3) is 5.91 Å². The first-order valence-corrected chi connectivity index (χ1v) is 7.49. The maximum atomic E-state index is 11.9. The largest absolute Gasteiger partial charge is 0.397 e. The third-order valence-electron chi connectivity index (χ3n) is 3.13. The molecule has 3 N–H and O–H groups in total. The van der Waals surface area contributed by atoms with E-state index >= 15 is 0 Å². The van der Waals surface area contributed by atoms with E-state index in [1.807, 2.05) is 0 Å². The van der Waals surface area contributed by atoms with Gasteiger partial charge < -0.3 is 20.7 Å². The maximum Gasteiger partial charge on any atom is 0.253 e. The molecule has 1 aromatic carbocycles. The highest BCUT2D eigenvalue weighted by molar-refractivity contribution is 5.95. The predicted molar refractivity (Wildman–Crippen MR) is 87.7 cm³/mol. The molecule has 0 aliphatic rings. The lowest BCUT2D eigenvalue weighted by Crippen LogP contribution is -2.21. The molecule has 21 heavy (non-hydrogen) atoms. The first-order chi connectivity index (χ1) is 10.1. The van der Waals surface area contributed by atoms with Crippen LogP contribution in [0.15, 0.2) is 18.2 Å². The zero-order chi connectivity index (χ0) is 15.7. The van der Waals surface area contributed by atoms with E-state index in [1.165, 1.54) is 0 Å². The molecule has 0 aliphatic carbocycles. The van der Waals surface area contributed by atoms with E-state index in [9.17, 15) is 4.79 Å². The number of nitrogen functional groups attached to an aromatic ring is 1. The number of benzene rings is 1. The van der Waals surface area contributed by atoms with Crippen molar-refractivity contribution in [3.8, 4) is 0 Å². The number of rotatable bonds is 9. The molecule has 5 heteroatoms. The van der Waals surface area contributed by atoms with Gasteiger partial charge in [-0.05, 0) is 31.0 Å². The zero-order valence-corrected chi connectivity index (χ0v) is 13.3. The summed E-state index contributed by atoms with van der Waals surface area (Å²) in [6, 6.07) is 5.31. The lowest BCUT2D eigenvalue weighted by molar-refractivity contribution is 0.0827. The second kappa shape index (κ2) is 9.23. The summed E-state index contributed by atoms with van der Waals surface area (Å²) in [5.74, 6) is -0.0269. The Bertz CT molecular complexity index is 447. The summed E-state index contributed by atoms with van der Waals surface area (Å²) in [6.45, 7) is 4.49. The normalized spacial score (nSPS) is 10.4. The van der Waals surface area contributed by atoms with Crippen molar-refractivity contribution >= 4 is 17.3 Å². The summed E-state index contributed by atoms with van der Waals surface area (Å²) in [7, 11) is 3.47. The first-order valence-electron chi connectivity index (χ1n) is 7.49. The van der Waals surface area contributed by atoms with Crippen LogP contribution in [0.5, 0.6) is 0 Å². The number of nitrogens with one attached hydrogen (secondary N) is 1. The Morgan fingerprint density at radius 3 is 2.67 bits per heavy atom. The standard InChI is InChI=1S/C16H27N3O2/c1-4-5-10-21-11-6-9-18-15-12-13(7-8-14(15)17)16(20)19(2)3/h7-8,12,18H,4-6,9-11,17H2,1-3H3. The number of hydrogen-bond donors (Lipinski definition) is 2. The number of hydrogen-bond acceptors (Lipinski definition) is 4. The third-order valence-corrected chi connectivity index (χ3v) is 3.13. The van der Waals surface area contributed by atoms with E-state index in [-0.39, 0.29) is 5.91 Å². The molecule has 0 fully saturated rings. The molecule has 0 spiro atoms. The van der Waals surface area contributed by atoms with Gasteiger partial charge in [0.1, 0.15) is 0 Å². The molecule has 0 radical (unpaired) electrons. The number of unbranched alkanes of at least 4 members (excludes halogenated alkanes) is 1. The number of carbonyl (C=O) groups is 1. The topological polar surface area (TPSA) is 67.6 Å². The van der Waals surface area contributed by atoms with Crippen LogP contribution in [-0.4, -0.2) is 44.7 Å². The van der Waals surface area contributed by atoms with E-state index in [0.717, 1.165) is 44.7 Å².